The number of aromatic nitrogens is 3. The van der Waals surface area contributed by atoms with Crippen molar-refractivity contribution >= 4 is 28.5 Å². The van der Waals surface area contributed by atoms with Gasteiger partial charge in [-0.05, 0) is 12.1 Å². The zero-order chi connectivity index (χ0) is 21.7. The minimum atomic E-state index is -0.965. The molecule has 31 heavy (non-hydrogen) atoms. The fraction of sp³-hybridized carbons (Fsp3) is 0.333. The van der Waals surface area contributed by atoms with Gasteiger partial charge in [0.15, 0.2) is 5.82 Å². The van der Waals surface area contributed by atoms with Crippen molar-refractivity contribution in [2.24, 2.45) is 0 Å². The van der Waals surface area contributed by atoms with E-state index in [1.807, 2.05) is 24.3 Å². The lowest BCUT2D eigenvalue weighted by Gasteiger charge is -2.38. The Balaban J connectivity index is 1.32. The van der Waals surface area contributed by atoms with Crippen LogP contribution in [-0.4, -0.2) is 56.8 Å². The maximum atomic E-state index is 14.0. The molecule has 1 aromatic carbocycles. The molecule has 2 aromatic heterocycles. The molecule has 2 aliphatic rings. The van der Waals surface area contributed by atoms with Crippen LogP contribution < -0.4 is 11.1 Å². The number of likely N-dealkylation sites (tertiary alicyclic amines) is 1. The summed E-state index contributed by atoms with van der Waals surface area (Å²) in [6.07, 6.45) is 0.326. The lowest BCUT2D eigenvalue weighted by Crippen LogP contribution is -2.49. The van der Waals surface area contributed by atoms with Crippen LogP contribution in [0.1, 0.15) is 28.4 Å². The van der Waals surface area contributed by atoms with Gasteiger partial charge in [0.05, 0.1) is 29.0 Å². The summed E-state index contributed by atoms with van der Waals surface area (Å²) in [4.78, 5) is 30.0. The highest BCUT2D eigenvalue weighted by molar-refractivity contribution is 5.96. The zero-order valence-electron chi connectivity index (χ0n) is 16.5. The van der Waals surface area contributed by atoms with Crippen LogP contribution in [0.5, 0.6) is 0 Å². The highest BCUT2D eigenvalue weighted by atomic mass is 19.1. The van der Waals surface area contributed by atoms with Crippen molar-refractivity contribution in [1.29, 1.82) is 0 Å². The lowest BCUT2D eigenvalue weighted by molar-refractivity contribution is -0.122. The van der Waals surface area contributed by atoms with Gasteiger partial charge in [-0.1, -0.05) is 18.2 Å². The molecule has 0 bridgehead atoms. The molecule has 2 fully saturated rings. The molecule has 2 amide bonds. The SMILES string of the molecule is Nc1cc(C(=O)N2CC(c3nn(CC(=O)N[C@@H]4C[C@@H]4F)c4ccccc34)C2)c(F)cn1. The number of halogens is 2. The Morgan fingerprint density at radius 1 is 1.26 bits per heavy atom. The van der Waals surface area contributed by atoms with E-state index in [9.17, 15) is 18.4 Å². The summed E-state index contributed by atoms with van der Waals surface area (Å²) in [5, 5.41) is 8.16. The molecule has 1 aliphatic carbocycles. The third kappa shape index (κ3) is 3.58. The predicted octanol–water partition coefficient (Wildman–Crippen LogP) is 1.62. The van der Waals surface area contributed by atoms with Crippen LogP contribution in [0.25, 0.3) is 10.9 Å². The number of pyridine rings is 1. The number of nitrogens with two attached hydrogens (primary N) is 1. The molecule has 10 heteroatoms. The number of fused-ring (bicyclic) bond motifs is 1. The van der Waals surface area contributed by atoms with Crippen LogP contribution in [0.3, 0.4) is 0 Å². The number of amides is 2. The number of carbonyl (C=O) groups excluding carboxylic acids is 2. The maximum absolute atomic E-state index is 14.0. The van der Waals surface area contributed by atoms with Crippen LogP contribution >= 0.6 is 0 Å². The van der Waals surface area contributed by atoms with Gasteiger partial charge in [-0.2, -0.15) is 5.10 Å². The van der Waals surface area contributed by atoms with Crippen molar-refractivity contribution in [1.82, 2.24) is 25.0 Å². The molecule has 8 nitrogen and oxygen atoms in total. The molecule has 0 radical (unpaired) electrons. The fourth-order valence-corrected chi connectivity index (χ4v) is 3.88. The molecule has 0 spiro atoms. The summed E-state index contributed by atoms with van der Waals surface area (Å²) in [6, 6.07) is 8.35. The van der Waals surface area contributed by atoms with Crippen molar-refractivity contribution in [3.8, 4) is 0 Å². The monoisotopic (exact) mass is 426 g/mol. The van der Waals surface area contributed by atoms with Gasteiger partial charge in [-0.15, -0.1) is 0 Å². The van der Waals surface area contributed by atoms with Crippen LogP contribution in [0.4, 0.5) is 14.6 Å². The molecule has 2 atom stereocenters. The number of benzene rings is 1. The summed E-state index contributed by atoms with van der Waals surface area (Å²) in [5.74, 6) is -1.42. The van der Waals surface area contributed by atoms with Crippen LogP contribution in [0, 0.1) is 5.82 Å². The van der Waals surface area contributed by atoms with E-state index in [2.05, 4.69) is 15.4 Å². The van der Waals surface area contributed by atoms with E-state index >= 15 is 0 Å². The van der Waals surface area contributed by atoms with E-state index in [-0.39, 0.29) is 29.8 Å². The van der Waals surface area contributed by atoms with Gasteiger partial charge in [0.1, 0.15) is 18.5 Å². The fourth-order valence-electron chi connectivity index (χ4n) is 3.88. The highest BCUT2D eigenvalue weighted by Crippen LogP contribution is 2.33. The summed E-state index contributed by atoms with van der Waals surface area (Å²) in [5.41, 5.74) is 7.03. The van der Waals surface area contributed by atoms with Crippen molar-refractivity contribution in [2.45, 2.75) is 31.1 Å². The number of nitrogens with zero attached hydrogens (tertiary/aromatic N) is 4. The predicted molar refractivity (Wildman–Crippen MR) is 108 cm³/mol. The second-order valence-electron chi connectivity index (χ2n) is 7.98. The lowest BCUT2D eigenvalue weighted by atomic mass is 9.93. The number of carbonyl (C=O) groups is 2. The second kappa shape index (κ2) is 7.29. The Kier molecular flexibility index (Phi) is 4.57. The number of hydrogen-bond donors (Lipinski definition) is 2. The smallest absolute Gasteiger partial charge is 0.257 e. The van der Waals surface area contributed by atoms with E-state index in [4.69, 9.17) is 5.73 Å². The highest BCUT2D eigenvalue weighted by Gasteiger charge is 2.39. The molecule has 3 N–H and O–H groups in total. The molecule has 1 saturated carbocycles. The minimum Gasteiger partial charge on any atom is -0.384 e. The van der Waals surface area contributed by atoms with Gasteiger partial charge >= 0.3 is 0 Å². The third-order valence-corrected chi connectivity index (χ3v) is 5.70. The first-order chi connectivity index (χ1) is 14.9. The second-order valence-corrected chi connectivity index (χ2v) is 7.98. The number of para-hydroxylation sites is 1. The van der Waals surface area contributed by atoms with E-state index < -0.39 is 23.9 Å². The average molecular weight is 426 g/mol. The number of hydrogen-bond acceptors (Lipinski definition) is 5. The average Bonchev–Trinajstić information content (AvgIpc) is 3.28. The summed E-state index contributed by atoms with van der Waals surface area (Å²) >= 11 is 0. The molecular weight excluding hydrogens is 406 g/mol. The number of nitrogens with one attached hydrogen (secondary N) is 1. The Morgan fingerprint density at radius 3 is 2.74 bits per heavy atom. The van der Waals surface area contributed by atoms with Crippen molar-refractivity contribution in [3.63, 3.8) is 0 Å². The topological polar surface area (TPSA) is 106 Å². The standard InChI is InChI=1S/C21H20F2N6O2/c22-14-6-16(14)26-19(30)10-29-17-4-2-1-3-12(17)20(27-29)11-8-28(9-11)21(31)13-5-18(24)25-7-15(13)23/h1-5,7,11,14,16H,6,8-10H2,(H2,24,25)(H,26,30)/t14-,16+/m0/s1. The Hall–Kier alpha value is -3.56. The zero-order valence-corrected chi connectivity index (χ0v) is 16.5. The molecule has 5 rings (SSSR count). The molecule has 3 aromatic rings. The molecule has 1 aliphatic heterocycles. The number of nitrogen functional groups attached to an aromatic ring is 1. The quantitative estimate of drug-likeness (QED) is 0.645. The largest absolute Gasteiger partial charge is 0.384 e. The van der Waals surface area contributed by atoms with Gasteiger partial charge in [0, 0.05) is 30.8 Å². The molecule has 0 unspecified atom stereocenters. The first-order valence-electron chi connectivity index (χ1n) is 10.00. The normalized spacial score (nSPS) is 20.5. The minimum absolute atomic E-state index is 0.0133. The Morgan fingerprint density at radius 2 is 2.00 bits per heavy atom. The van der Waals surface area contributed by atoms with Gasteiger partial charge in [-0.25, -0.2) is 13.8 Å². The first-order valence-corrected chi connectivity index (χ1v) is 10.00. The van der Waals surface area contributed by atoms with Gasteiger partial charge in [0.2, 0.25) is 5.91 Å². The molecular formula is C21H20F2N6O2. The van der Waals surface area contributed by atoms with Crippen LogP contribution in [0.2, 0.25) is 0 Å². The van der Waals surface area contributed by atoms with E-state index in [1.54, 1.807) is 4.68 Å². The van der Waals surface area contributed by atoms with E-state index in [0.29, 0.717) is 19.5 Å². The van der Waals surface area contributed by atoms with Crippen molar-refractivity contribution in [2.75, 3.05) is 18.8 Å². The van der Waals surface area contributed by atoms with Crippen LogP contribution in [0.15, 0.2) is 36.5 Å². The summed E-state index contributed by atoms with van der Waals surface area (Å²) in [6.45, 7) is 0.735. The first kappa shape index (κ1) is 19.4. The maximum Gasteiger partial charge on any atom is 0.257 e. The Bertz CT molecular complexity index is 1190. The molecule has 160 valence electrons. The molecule has 3 heterocycles. The van der Waals surface area contributed by atoms with Gasteiger partial charge in [0.25, 0.3) is 5.91 Å². The Labute approximate surface area is 176 Å². The van der Waals surface area contributed by atoms with Gasteiger partial charge in [-0.3, -0.25) is 14.3 Å². The summed E-state index contributed by atoms with van der Waals surface area (Å²) < 4.78 is 28.6. The van der Waals surface area contributed by atoms with Gasteiger partial charge < -0.3 is 16.0 Å². The number of alkyl halides is 1. The van der Waals surface area contributed by atoms with Crippen LogP contribution in [-0.2, 0) is 11.3 Å². The van der Waals surface area contributed by atoms with E-state index in [1.165, 1.54) is 11.0 Å². The summed E-state index contributed by atoms with van der Waals surface area (Å²) in [7, 11) is 0. The van der Waals surface area contributed by atoms with Crippen molar-refractivity contribution < 1.29 is 18.4 Å². The third-order valence-electron chi connectivity index (χ3n) is 5.70. The number of rotatable bonds is 5. The molecule has 1 saturated heterocycles. The van der Waals surface area contributed by atoms with Crippen molar-refractivity contribution in [3.05, 3.63) is 53.6 Å². The number of anilines is 1. The van der Waals surface area contributed by atoms with E-state index in [0.717, 1.165) is 22.8 Å².